The van der Waals surface area contributed by atoms with Crippen molar-refractivity contribution in [2.45, 2.75) is 89.4 Å². The molecule has 0 aromatic rings. The van der Waals surface area contributed by atoms with Gasteiger partial charge in [-0.05, 0) is 82.4 Å². The predicted molar refractivity (Wildman–Crippen MR) is 140 cm³/mol. The van der Waals surface area contributed by atoms with Crippen LogP contribution in [0.3, 0.4) is 0 Å². The minimum atomic E-state index is -1.15. The van der Waals surface area contributed by atoms with Gasteiger partial charge in [0.1, 0.15) is 18.1 Å². The Labute approximate surface area is 213 Å². The van der Waals surface area contributed by atoms with Crippen molar-refractivity contribution in [2.24, 2.45) is 23.1 Å². The third-order valence-electron chi connectivity index (χ3n) is 5.45. The molecule has 0 spiro atoms. The summed E-state index contributed by atoms with van der Waals surface area (Å²) in [5, 5.41) is 17.4. The summed E-state index contributed by atoms with van der Waals surface area (Å²) in [6.07, 6.45) is 5.68. The van der Waals surface area contributed by atoms with Crippen LogP contribution >= 0.6 is 11.8 Å². The van der Waals surface area contributed by atoms with E-state index in [1.165, 1.54) is 11.8 Å². The lowest BCUT2D eigenvalue weighted by Crippen LogP contribution is -2.57. The molecule has 0 aromatic heterocycles. The van der Waals surface area contributed by atoms with E-state index in [0.29, 0.717) is 63.8 Å². The molecule has 4 atom stereocenters. The highest BCUT2D eigenvalue weighted by molar-refractivity contribution is 7.98. The molecular weight excluding hydrogens is 472 g/mol. The van der Waals surface area contributed by atoms with Crippen LogP contribution in [0.5, 0.6) is 0 Å². The number of thioether (sulfide) groups is 1. The molecule has 0 aliphatic rings. The van der Waals surface area contributed by atoms with Crippen molar-refractivity contribution in [3.63, 3.8) is 0 Å². The van der Waals surface area contributed by atoms with Gasteiger partial charge in [0.25, 0.3) is 0 Å². The van der Waals surface area contributed by atoms with Gasteiger partial charge in [-0.2, -0.15) is 11.8 Å². The van der Waals surface area contributed by atoms with Crippen molar-refractivity contribution in [3.8, 4) is 0 Å². The SMILES string of the molecule is CSCCC(NC(=O)C(N)CC(C)C)C(=O)NC(CCCCN)C(=O)NC(CCCCN)C(=O)O. The fraction of sp³-hybridized carbons (Fsp3) is 0.826. The average Bonchev–Trinajstić information content (AvgIpc) is 2.79. The van der Waals surface area contributed by atoms with E-state index in [4.69, 9.17) is 17.2 Å². The number of aliphatic carboxylic acids is 1. The second-order valence-electron chi connectivity index (χ2n) is 9.11. The van der Waals surface area contributed by atoms with Gasteiger partial charge in [-0.25, -0.2) is 4.79 Å². The van der Waals surface area contributed by atoms with E-state index in [-0.39, 0.29) is 12.3 Å². The number of carbonyl (C=O) groups is 4. The number of nitrogens with one attached hydrogen (secondary N) is 3. The first-order valence-electron chi connectivity index (χ1n) is 12.4. The van der Waals surface area contributed by atoms with Crippen molar-refractivity contribution < 1.29 is 24.3 Å². The molecule has 0 bridgehead atoms. The Kier molecular flexibility index (Phi) is 18.3. The van der Waals surface area contributed by atoms with Crippen LogP contribution in [0.2, 0.25) is 0 Å². The minimum absolute atomic E-state index is 0.219. The highest BCUT2D eigenvalue weighted by Gasteiger charge is 2.30. The molecule has 204 valence electrons. The molecule has 12 heteroatoms. The number of unbranched alkanes of at least 4 members (excludes halogenated alkanes) is 2. The molecule has 0 aliphatic heterocycles. The van der Waals surface area contributed by atoms with E-state index in [9.17, 15) is 24.3 Å². The van der Waals surface area contributed by atoms with Crippen LogP contribution in [0.1, 0.15) is 65.2 Å². The standard InChI is InChI=1S/C23H46N6O5S/c1-15(2)14-16(26)20(30)27-18(10-13-35-3)22(32)28-17(8-4-6-11-24)21(31)29-19(23(33)34)9-5-7-12-25/h15-19H,4-14,24-26H2,1-3H3,(H,27,30)(H,28,32)(H,29,31)(H,33,34). The topological polar surface area (TPSA) is 203 Å². The number of hydrogen-bond acceptors (Lipinski definition) is 8. The molecule has 0 fully saturated rings. The smallest absolute Gasteiger partial charge is 0.326 e. The average molecular weight is 519 g/mol. The molecule has 0 saturated carbocycles. The van der Waals surface area contributed by atoms with Gasteiger partial charge >= 0.3 is 5.97 Å². The second-order valence-corrected chi connectivity index (χ2v) is 10.1. The maximum absolute atomic E-state index is 13.1. The Balaban J connectivity index is 5.42. The van der Waals surface area contributed by atoms with Crippen molar-refractivity contribution in [3.05, 3.63) is 0 Å². The third kappa shape index (κ3) is 15.0. The Hall–Kier alpha value is -1.89. The van der Waals surface area contributed by atoms with Gasteiger partial charge in [0.05, 0.1) is 6.04 Å². The Bertz CT molecular complexity index is 652. The first-order valence-corrected chi connectivity index (χ1v) is 13.7. The van der Waals surface area contributed by atoms with Gasteiger partial charge < -0.3 is 38.3 Å². The highest BCUT2D eigenvalue weighted by Crippen LogP contribution is 2.08. The quantitative estimate of drug-likeness (QED) is 0.107. The lowest BCUT2D eigenvalue weighted by molar-refractivity contribution is -0.142. The summed E-state index contributed by atoms with van der Waals surface area (Å²) in [5.74, 6) is -1.82. The summed E-state index contributed by atoms with van der Waals surface area (Å²) in [5.41, 5.74) is 17.0. The molecule has 0 aliphatic carbocycles. The van der Waals surface area contributed by atoms with Crippen molar-refractivity contribution in [1.29, 1.82) is 0 Å². The molecule has 0 saturated heterocycles. The maximum atomic E-state index is 13.1. The first kappa shape index (κ1) is 33.1. The number of carboxylic acid groups (broad SMARTS) is 1. The molecule has 0 heterocycles. The summed E-state index contributed by atoms with van der Waals surface area (Å²) >= 11 is 1.53. The fourth-order valence-corrected chi connectivity index (χ4v) is 3.93. The number of hydrogen-bond donors (Lipinski definition) is 7. The van der Waals surface area contributed by atoms with Crippen LogP contribution < -0.4 is 33.2 Å². The molecule has 11 nitrogen and oxygen atoms in total. The van der Waals surface area contributed by atoms with Gasteiger partial charge in [0.2, 0.25) is 17.7 Å². The molecule has 35 heavy (non-hydrogen) atoms. The van der Waals surface area contributed by atoms with Crippen molar-refractivity contribution >= 4 is 35.5 Å². The monoisotopic (exact) mass is 518 g/mol. The van der Waals surface area contributed by atoms with E-state index in [0.717, 1.165) is 0 Å². The summed E-state index contributed by atoms with van der Waals surface area (Å²) in [6.45, 7) is 4.77. The van der Waals surface area contributed by atoms with Crippen LogP contribution in [-0.4, -0.2) is 78.1 Å². The first-order chi connectivity index (χ1) is 16.6. The molecule has 0 radical (unpaired) electrons. The summed E-state index contributed by atoms with van der Waals surface area (Å²) in [4.78, 5) is 50.2. The summed E-state index contributed by atoms with van der Waals surface area (Å²) < 4.78 is 0. The lowest BCUT2D eigenvalue weighted by Gasteiger charge is -2.25. The molecule has 4 unspecified atom stereocenters. The van der Waals surface area contributed by atoms with Crippen LogP contribution in [0.25, 0.3) is 0 Å². The predicted octanol–water partition coefficient (Wildman–Crippen LogP) is -0.0901. The Morgan fingerprint density at radius 1 is 0.771 bits per heavy atom. The molecular formula is C23H46N6O5S. The van der Waals surface area contributed by atoms with E-state index in [1.807, 2.05) is 20.1 Å². The molecule has 0 aromatic carbocycles. The van der Waals surface area contributed by atoms with E-state index >= 15 is 0 Å². The number of rotatable bonds is 20. The molecule has 10 N–H and O–H groups in total. The number of carbonyl (C=O) groups excluding carboxylic acids is 3. The molecule has 0 rings (SSSR count). The van der Waals surface area contributed by atoms with E-state index < -0.39 is 47.9 Å². The molecule has 3 amide bonds. The van der Waals surface area contributed by atoms with Gasteiger partial charge in [-0.3, -0.25) is 14.4 Å². The zero-order chi connectivity index (χ0) is 26.8. The zero-order valence-electron chi connectivity index (χ0n) is 21.4. The van der Waals surface area contributed by atoms with E-state index in [2.05, 4.69) is 16.0 Å². The van der Waals surface area contributed by atoms with Crippen LogP contribution in [0.15, 0.2) is 0 Å². The number of carboxylic acids is 1. The van der Waals surface area contributed by atoms with Crippen molar-refractivity contribution in [2.75, 3.05) is 25.1 Å². The van der Waals surface area contributed by atoms with E-state index in [1.54, 1.807) is 0 Å². The fourth-order valence-electron chi connectivity index (χ4n) is 3.45. The summed E-state index contributed by atoms with van der Waals surface area (Å²) in [7, 11) is 0. The lowest BCUT2D eigenvalue weighted by atomic mass is 10.0. The highest BCUT2D eigenvalue weighted by atomic mass is 32.2. The maximum Gasteiger partial charge on any atom is 0.326 e. The van der Waals surface area contributed by atoms with Gasteiger partial charge in [0.15, 0.2) is 0 Å². The number of nitrogens with two attached hydrogens (primary N) is 3. The zero-order valence-corrected chi connectivity index (χ0v) is 22.2. The van der Waals surface area contributed by atoms with Gasteiger partial charge in [0, 0.05) is 0 Å². The van der Waals surface area contributed by atoms with Crippen molar-refractivity contribution in [1.82, 2.24) is 16.0 Å². The van der Waals surface area contributed by atoms with Crippen LogP contribution in [-0.2, 0) is 19.2 Å². The Morgan fingerprint density at radius 2 is 1.23 bits per heavy atom. The number of amides is 3. The minimum Gasteiger partial charge on any atom is -0.480 e. The van der Waals surface area contributed by atoms with Gasteiger partial charge in [-0.15, -0.1) is 0 Å². The third-order valence-corrected chi connectivity index (χ3v) is 6.09. The second kappa shape index (κ2) is 19.3. The van der Waals surface area contributed by atoms with Gasteiger partial charge in [-0.1, -0.05) is 13.8 Å². The van der Waals surface area contributed by atoms with Crippen LogP contribution in [0, 0.1) is 5.92 Å². The summed E-state index contributed by atoms with van der Waals surface area (Å²) in [6, 6.07) is -3.64. The largest absolute Gasteiger partial charge is 0.480 e. The van der Waals surface area contributed by atoms with Crippen LogP contribution in [0.4, 0.5) is 0 Å². The normalized spacial score (nSPS) is 14.6. The Morgan fingerprint density at radius 3 is 1.69 bits per heavy atom.